The summed E-state index contributed by atoms with van der Waals surface area (Å²) in [5.74, 6) is 0.141. The Balaban J connectivity index is 1.90. The van der Waals surface area contributed by atoms with E-state index in [2.05, 4.69) is 67.8 Å². The van der Waals surface area contributed by atoms with Crippen LogP contribution in [0.4, 0.5) is 0 Å². The highest BCUT2D eigenvalue weighted by Gasteiger charge is 2.15. The van der Waals surface area contributed by atoms with E-state index in [0.29, 0.717) is 21.4 Å². The normalized spacial score (nSPS) is 10.5. The van der Waals surface area contributed by atoms with Crippen LogP contribution in [0.15, 0.2) is 30.3 Å². The minimum absolute atomic E-state index is 0.135. The molecule has 0 spiro atoms. The molecule has 0 aliphatic carbocycles. The minimum Gasteiger partial charge on any atom is -0.488 e. The molecule has 0 aliphatic heterocycles. The zero-order valence-corrected chi connectivity index (χ0v) is 19.4. The lowest BCUT2D eigenvalue weighted by molar-refractivity contribution is 0.0449. The zero-order valence-electron chi connectivity index (χ0n) is 11.4. The van der Waals surface area contributed by atoms with Gasteiger partial charge in [0.2, 0.25) is 0 Å². The van der Waals surface area contributed by atoms with Crippen molar-refractivity contribution in [3.05, 3.63) is 56.7 Å². The summed E-state index contributed by atoms with van der Waals surface area (Å²) in [6, 6.07) is 8.78. The van der Waals surface area contributed by atoms with Crippen molar-refractivity contribution in [2.24, 2.45) is 0 Å². The van der Waals surface area contributed by atoms with Gasteiger partial charge in [-0.1, -0.05) is 23.2 Å². The summed E-state index contributed by atoms with van der Waals surface area (Å²) < 4.78 is 13.6. The van der Waals surface area contributed by atoms with E-state index in [-0.39, 0.29) is 19.2 Å². The fourth-order valence-electron chi connectivity index (χ4n) is 1.66. The van der Waals surface area contributed by atoms with Gasteiger partial charge in [-0.2, -0.15) is 0 Å². The van der Waals surface area contributed by atoms with E-state index < -0.39 is 0 Å². The van der Waals surface area contributed by atoms with Crippen LogP contribution in [-0.2, 0) is 4.74 Å². The first-order valence-electron chi connectivity index (χ1n) is 6.28. The fourth-order valence-corrected chi connectivity index (χ4v) is 4.50. The Kier molecular flexibility index (Phi) is 7.97. The van der Waals surface area contributed by atoms with Gasteiger partial charge in [0.05, 0.1) is 10.6 Å². The lowest BCUT2D eigenvalue weighted by Crippen LogP contribution is -2.14. The number of hydrogen-bond acceptors (Lipinski definition) is 3. The van der Waals surface area contributed by atoms with Gasteiger partial charge in [-0.3, -0.25) is 0 Å². The van der Waals surface area contributed by atoms with Crippen molar-refractivity contribution in [3.8, 4) is 5.75 Å². The first kappa shape index (κ1) is 19.8. The van der Waals surface area contributed by atoms with E-state index >= 15 is 0 Å². The lowest BCUT2D eigenvalue weighted by Gasteiger charge is -2.10. The van der Waals surface area contributed by atoms with Crippen LogP contribution >= 0.6 is 91.0 Å². The number of hydrogen-bond donors (Lipinski definition) is 0. The molecule has 0 amide bonds. The summed E-state index contributed by atoms with van der Waals surface area (Å²) in [5.41, 5.74) is 0.562. The topological polar surface area (TPSA) is 35.5 Å². The number of carbonyl (C=O) groups excluding carboxylic acids is 1. The van der Waals surface area contributed by atoms with Crippen LogP contribution in [0.1, 0.15) is 10.4 Å². The Morgan fingerprint density at radius 3 is 2.48 bits per heavy atom. The number of benzene rings is 2. The molecule has 0 N–H and O–H groups in total. The van der Waals surface area contributed by atoms with Gasteiger partial charge in [-0.15, -0.1) is 0 Å². The Hall–Kier alpha value is 0.480. The van der Waals surface area contributed by atoms with Crippen LogP contribution in [0.25, 0.3) is 0 Å². The molecule has 0 unspecified atom stereocenters. The second-order valence-electron chi connectivity index (χ2n) is 4.31. The van der Waals surface area contributed by atoms with Crippen molar-refractivity contribution < 1.29 is 14.3 Å². The van der Waals surface area contributed by atoms with Crippen molar-refractivity contribution >= 4 is 96.9 Å². The van der Waals surface area contributed by atoms with E-state index in [1.807, 2.05) is 12.1 Å². The third kappa shape index (κ3) is 5.75. The third-order valence-corrected chi connectivity index (χ3v) is 6.88. The molecule has 0 aromatic heterocycles. The van der Waals surface area contributed by atoms with Gasteiger partial charge in [0, 0.05) is 15.7 Å². The summed E-state index contributed by atoms with van der Waals surface area (Å²) >= 11 is 18.3. The second-order valence-corrected chi connectivity index (χ2v) is 8.64. The maximum atomic E-state index is 12.2. The van der Waals surface area contributed by atoms with E-state index in [1.165, 1.54) is 0 Å². The number of rotatable bonds is 5. The van der Waals surface area contributed by atoms with Crippen molar-refractivity contribution in [2.75, 3.05) is 13.2 Å². The Morgan fingerprint density at radius 2 is 1.78 bits per heavy atom. The molecule has 0 saturated carbocycles. The summed E-state index contributed by atoms with van der Waals surface area (Å²) in [7, 11) is 0. The van der Waals surface area contributed by atoms with Gasteiger partial charge in [-0.25, -0.2) is 4.79 Å². The maximum Gasteiger partial charge on any atom is 0.339 e. The molecule has 0 aliphatic rings. The highest BCUT2D eigenvalue weighted by atomic mass is 127. The molecule has 0 radical (unpaired) electrons. The van der Waals surface area contributed by atoms with Crippen LogP contribution in [0.3, 0.4) is 0 Å². The SMILES string of the molecule is O=C(OCCOc1ccc(Cl)cc1Cl)c1cc(I)cc(I)c1I. The zero-order chi connectivity index (χ0) is 17.0. The Labute approximate surface area is 184 Å². The predicted molar refractivity (Wildman–Crippen MR) is 117 cm³/mol. The second kappa shape index (κ2) is 9.25. The standard InChI is InChI=1S/C15H9Cl2I3O3/c16-8-1-2-13(11(17)5-8)22-3-4-23-15(21)10-6-9(18)7-12(19)14(10)20/h1-2,5-7H,3-4H2. The van der Waals surface area contributed by atoms with Crippen LogP contribution in [0, 0.1) is 10.7 Å². The van der Waals surface area contributed by atoms with E-state index in [4.69, 9.17) is 32.7 Å². The van der Waals surface area contributed by atoms with E-state index in [1.54, 1.807) is 18.2 Å². The van der Waals surface area contributed by atoms with Crippen molar-refractivity contribution in [3.63, 3.8) is 0 Å². The third-order valence-electron chi connectivity index (χ3n) is 2.68. The lowest BCUT2D eigenvalue weighted by atomic mass is 10.2. The van der Waals surface area contributed by atoms with Crippen molar-refractivity contribution in [1.82, 2.24) is 0 Å². The first-order chi connectivity index (χ1) is 10.9. The smallest absolute Gasteiger partial charge is 0.339 e. The largest absolute Gasteiger partial charge is 0.488 e. The van der Waals surface area contributed by atoms with Gasteiger partial charge < -0.3 is 9.47 Å². The molecule has 0 heterocycles. The highest BCUT2D eigenvalue weighted by Crippen LogP contribution is 2.27. The van der Waals surface area contributed by atoms with Crippen LogP contribution < -0.4 is 4.74 Å². The summed E-state index contributed by atoms with van der Waals surface area (Å²) in [6.45, 7) is 0.348. The quantitative estimate of drug-likeness (QED) is 0.166. The summed E-state index contributed by atoms with van der Waals surface area (Å²) in [4.78, 5) is 12.2. The van der Waals surface area contributed by atoms with Gasteiger partial charge >= 0.3 is 5.97 Å². The molecule has 8 heteroatoms. The van der Waals surface area contributed by atoms with Crippen LogP contribution in [-0.4, -0.2) is 19.2 Å². The van der Waals surface area contributed by atoms with Crippen molar-refractivity contribution in [2.45, 2.75) is 0 Å². The monoisotopic (exact) mass is 688 g/mol. The Bertz CT molecular complexity index is 738. The summed E-state index contributed by atoms with van der Waals surface area (Å²) in [6.07, 6.45) is 0. The maximum absolute atomic E-state index is 12.2. The molecule has 2 aromatic carbocycles. The molecule has 122 valence electrons. The molecule has 23 heavy (non-hydrogen) atoms. The number of carbonyl (C=O) groups is 1. The predicted octanol–water partition coefficient (Wildman–Crippen LogP) is 6.04. The number of ether oxygens (including phenoxy) is 2. The first-order valence-corrected chi connectivity index (χ1v) is 10.3. The van der Waals surface area contributed by atoms with Gasteiger partial charge in [0.25, 0.3) is 0 Å². The van der Waals surface area contributed by atoms with Gasteiger partial charge in [0.15, 0.2) is 0 Å². The van der Waals surface area contributed by atoms with Gasteiger partial charge in [-0.05, 0) is 98.1 Å². The average molecular weight is 689 g/mol. The molecule has 2 aromatic rings. The Morgan fingerprint density at radius 1 is 1.04 bits per heavy atom. The molecule has 0 fully saturated rings. The molecular weight excluding hydrogens is 680 g/mol. The number of halogens is 5. The van der Waals surface area contributed by atoms with E-state index in [0.717, 1.165) is 10.7 Å². The summed E-state index contributed by atoms with van der Waals surface area (Å²) in [5, 5.41) is 0.960. The molecule has 3 nitrogen and oxygen atoms in total. The minimum atomic E-state index is -0.364. The molecule has 2 rings (SSSR count). The van der Waals surface area contributed by atoms with E-state index in [9.17, 15) is 4.79 Å². The fraction of sp³-hybridized carbons (Fsp3) is 0.133. The average Bonchev–Trinajstić information content (AvgIpc) is 2.48. The van der Waals surface area contributed by atoms with Gasteiger partial charge in [0.1, 0.15) is 19.0 Å². The van der Waals surface area contributed by atoms with Crippen LogP contribution in [0.2, 0.25) is 10.0 Å². The molecule has 0 saturated heterocycles. The highest BCUT2D eigenvalue weighted by molar-refractivity contribution is 14.1. The molecular formula is C15H9Cl2I3O3. The molecule has 0 bridgehead atoms. The van der Waals surface area contributed by atoms with Crippen molar-refractivity contribution in [1.29, 1.82) is 0 Å². The molecule has 0 atom stereocenters. The van der Waals surface area contributed by atoms with Crippen LogP contribution in [0.5, 0.6) is 5.75 Å². The number of esters is 1.